The molecule has 0 atom stereocenters. The van der Waals surface area contributed by atoms with Gasteiger partial charge in [0.25, 0.3) is 0 Å². The highest BCUT2D eigenvalue weighted by Gasteiger charge is 2.23. The molecule has 5 nitrogen and oxygen atoms in total. The van der Waals surface area contributed by atoms with E-state index in [4.69, 9.17) is 14.5 Å². The van der Waals surface area contributed by atoms with E-state index >= 15 is 0 Å². The van der Waals surface area contributed by atoms with Crippen molar-refractivity contribution in [2.45, 2.75) is 65.3 Å². The molecule has 1 aromatic carbocycles. The van der Waals surface area contributed by atoms with Crippen LogP contribution in [-0.4, -0.2) is 35.4 Å². The van der Waals surface area contributed by atoms with Crippen LogP contribution in [0.3, 0.4) is 0 Å². The van der Waals surface area contributed by atoms with Gasteiger partial charge < -0.3 is 19.9 Å². The number of aromatic nitrogens is 1. The second-order valence-corrected chi connectivity index (χ2v) is 8.45. The number of unbranched alkanes of at least 4 members (excludes halogenated alkanes) is 1. The number of pyridine rings is 1. The average Bonchev–Trinajstić information content (AvgIpc) is 3.16. The number of hydrogen-bond acceptors (Lipinski definition) is 5. The van der Waals surface area contributed by atoms with E-state index < -0.39 is 5.60 Å². The van der Waals surface area contributed by atoms with Crippen molar-refractivity contribution in [1.82, 2.24) is 10.3 Å². The van der Waals surface area contributed by atoms with Crippen molar-refractivity contribution in [2.75, 3.05) is 19.7 Å². The Hall–Kier alpha value is -1.37. The molecule has 0 saturated heterocycles. The molecule has 0 amide bonds. The Kier molecular flexibility index (Phi) is 11.8. The van der Waals surface area contributed by atoms with Gasteiger partial charge in [-0.3, -0.25) is 4.98 Å². The van der Waals surface area contributed by atoms with Gasteiger partial charge >= 0.3 is 0 Å². The van der Waals surface area contributed by atoms with Gasteiger partial charge in [-0.15, -0.1) is 24.8 Å². The third kappa shape index (κ3) is 8.59. The number of hydrogen-bond donors (Lipinski definition) is 2. The number of aryl methyl sites for hydroxylation is 1. The largest absolute Gasteiger partial charge is 0.491 e. The van der Waals surface area contributed by atoms with Gasteiger partial charge in [-0.25, -0.2) is 0 Å². The number of rotatable bonds is 11. The van der Waals surface area contributed by atoms with Crippen molar-refractivity contribution < 1.29 is 14.6 Å². The lowest BCUT2D eigenvalue weighted by Gasteiger charge is -2.17. The summed E-state index contributed by atoms with van der Waals surface area (Å²) in [6.07, 6.45) is 3.61. The Bertz CT molecular complexity index is 796. The van der Waals surface area contributed by atoms with Crippen LogP contribution in [0, 0.1) is 6.92 Å². The predicted octanol–water partition coefficient (Wildman–Crippen LogP) is 4.76. The summed E-state index contributed by atoms with van der Waals surface area (Å²) in [5.41, 5.74) is 5.08. The second-order valence-electron chi connectivity index (χ2n) is 8.45. The van der Waals surface area contributed by atoms with Crippen molar-refractivity contribution in [3.8, 4) is 5.75 Å². The van der Waals surface area contributed by atoms with Crippen LogP contribution in [0.15, 0.2) is 30.3 Å². The number of ether oxygens (including phenoxy) is 2. The van der Waals surface area contributed by atoms with Crippen molar-refractivity contribution in [2.24, 2.45) is 0 Å². The smallest absolute Gasteiger partial charge is 0.146 e. The summed E-state index contributed by atoms with van der Waals surface area (Å²) in [6, 6.07) is 10.4. The van der Waals surface area contributed by atoms with Crippen LogP contribution in [0.2, 0.25) is 0 Å². The topological polar surface area (TPSA) is 63.6 Å². The number of halogens is 2. The molecule has 2 heterocycles. The molecule has 0 fully saturated rings. The average molecular weight is 471 g/mol. The highest BCUT2D eigenvalue weighted by Crippen LogP contribution is 2.34. The Morgan fingerprint density at radius 3 is 2.48 bits per heavy atom. The summed E-state index contributed by atoms with van der Waals surface area (Å²) < 4.78 is 11.9. The molecule has 2 aromatic rings. The molecule has 1 aromatic heterocycles. The minimum absolute atomic E-state index is 0. The summed E-state index contributed by atoms with van der Waals surface area (Å²) in [5, 5.41) is 13.1. The molecule has 3 rings (SSSR count). The third-order valence-electron chi connectivity index (χ3n) is 5.23. The van der Waals surface area contributed by atoms with Crippen molar-refractivity contribution in [3.05, 3.63) is 58.4 Å². The SMILES string of the molecule is Cc1nc(Cc2ccccc2)c2c(c1OCCCCNCCC(C)(C)O)COC2.Cl.Cl. The fourth-order valence-corrected chi connectivity index (χ4v) is 3.60. The number of nitrogens with zero attached hydrogens (tertiary/aromatic N) is 1. The summed E-state index contributed by atoms with van der Waals surface area (Å²) in [7, 11) is 0. The van der Waals surface area contributed by atoms with E-state index in [0.717, 1.165) is 55.9 Å². The van der Waals surface area contributed by atoms with Crippen LogP contribution in [0.1, 0.15) is 61.2 Å². The van der Waals surface area contributed by atoms with Crippen LogP contribution in [0.5, 0.6) is 5.75 Å². The van der Waals surface area contributed by atoms with Crippen LogP contribution in [-0.2, 0) is 24.4 Å². The van der Waals surface area contributed by atoms with Gasteiger partial charge in [-0.2, -0.15) is 0 Å². The zero-order valence-electron chi connectivity index (χ0n) is 18.8. The van der Waals surface area contributed by atoms with E-state index in [1.165, 1.54) is 16.7 Å². The Labute approximate surface area is 198 Å². The van der Waals surface area contributed by atoms with Gasteiger partial charge in [0, 0.05) is 17.5 Å². The monoisotopic (exact) mass is 470 g/mol. The quantitative estimate of drug-likeness (QED) is 0.463. The lowest BCUT2D eigenvalue weighted by atomic mass is 10.0. The van der Waals surface area contributed by atoms with E-state index in [1.54, 1.807) is 0 Å². The molecule has 0 bridgehead atoms. The lowest BCUT2D eigenvalue weighted by molar-refractivity contribution is 0.0712. The Morgan fingerprint density at radius 1 is 1.06 bits per heavy atom. The van der Waals surface area contributed by atoms with E-state index in [-0.39, 0.29) is 24.8 Å². The molecule has 0 aliphatic carbocycles. The molecule has 1 aliphatic rings. The number of fused-ring (bicyclic) bond motifs is 1. The zero-order valence-corrected chi connectivity index (χ0v) is 20.4. The fraction of sp³-hybridized carbons (Fsp3) is 0.542. The molecule has 0 saturated carbocycles. The second kappa shape index (κ2) is 13.2. The maximum absolute atomic E-state index is 9.71. The van der Waals surface area contributed by atoms with Crippen molar-refractivity contribution in [3.63, 3.8) is 0 Å². The first-order valence-corrected chi connectivity index (χ1v) is 10.6. The van der Waals surface area contributed by atoms with E-state index in [1.807, 2.05) is 26.8 Å². The molecule has 174 valence electrons. The summed E-state index contributed by atoms with van der Waals surface area (Å²) >= 11 is 0. The number of benzene rings is 1. The molecular formula is C24H36Cl2N2O3. The minimum Gasteiger partial charge on any atom is -0.491 e. The first-order chi connectivity index (χ1) is 13.9. The van der Waals surface area contributed by atoms with Gasteiger partial charge in [0.05, 0.1) is 36.8 Å². The molecule has 0 spiro atoms. The molecule has 2 N–H and O–H groups in total. The molecular weight excluding hydrogens is 435 g/mol. The van der Waals surface area contributed by atoms with Gasteiger partial charge in [0.1, 0.15) is 5.75 Å². The number of aliphatic hydroxyl groups is 1. The van der Waals surface area contributed by atoms with E-state index in [9.17, 15) is 5.11 Å². The molecule has 1 aliphatic heterocycles. The van der Waals surface area contributed by atoms with E-state index in [0.29, 0.717) is 19.8 Å². The van der Waals surface area contributed by atoms with Crippen LogP contribution in [0.25, 0.3) is 0 Å². The van der Waals surface area contributed by atoms with Crippen LogP contribution < -0.4 is 10.1 Å². The summed E-state index contributed by atoms with van der Waals surface area (Å²) in [4.78, 5) is 4.86. The van der Waals surface area contributed by atoms with Gasteiger partial charge in [-0.05, 0) is 58.7 Å². The van der Waals surface area contributed by atoms with Gasteiger partial charge in [0.2, 0.25) is 0 Å². The summed E-state index contributed by atoms with van der Waals surface area (Å²) in [5.74, 6) is 0.907. The van der Waals surface area contributed by atoms with Crippen LogP contribution in [0.4, 0.5) is 0 Å². The highest BCUT2D eigenvalue weighted by molar-refractivity contribution is 5.85. The fourth-order valence-electron chi connectivity index (χ4n) is 3.60. The third-order valence-corrected chi connectivity index (χ3v) is 5.23. The Balaban J connectivity index is 0.00000240. The predicted molar refractivity (Wildman–Crippen MR) is 130 cm³/mol. The molecule has 7 heteroatoms. The zero-order chi connectivity index (χ0) is 20.7. The number of nitrogens with one attached hydrogen (secondary N) is 1. The maximum Gasteiger partial charge on any atom is 0.146 e. The standard InChI is InChI=1S/C24H34N2O3.2ClH/c1-18-23(29-14-8-7-12-25-13-11-24(2,3)27)21-17-28-16-20(21)22(26-18)15-19-9-5-4-6-10-19;;/h4-6,9-10,25,27H,7-8,11-17H2,1-3H3;2*1H. The molecule has 31 heavy (non-hydrogen) atoms. The highest BCUT2D eigenvalue weighted by atomic mass is 35.5. The molecule has 0 unspecified atom stereocenters. The van der Waals surface area contributed by atoms with Crippen LogP contribution >= 0.6 is 24.8 Å². The Morgan fingerprint density at radius 2 is 1.77 bits per heavy atom. The minimum atomic E-state index is -0.601. The van der Waals surface area contributed by atoms with E-state index in [2.05, 4.69) is 29.6 Å². The first-order valence-electron chi connectivity index (χ1n) is 10.6. The first kappa shape index (κ1) is 27.7. The van der Waals surface area contributed by atoms with Gasteiger partial charge in [-0.1, -0.05) is 30.3 Å². The van der Waals surface area contributed by atoms with Crippen molar-refractivity contribution in [1.29, 1.82) is 0 Å². The lowest BCUT2D eigenvalue weighted by Crippen LogP contribution is -2.27. The maximum atomic E-state index is 9.71. The van der Waals surface area contributed by atoms with Crippen molar-refractivity contribution >= 4 is 24.8 Å². The molecule has 0 radical (unpaired) electrons. The normalized spacial score (nSPS) is 12.6. The summed E-state index contributed by atoms with van der Waals surface area (Å²) in [6.45, 7) is 9.38. The van der Waals surface area contributed by atoms with Gasteiger partial charge in [0.15, 0.2) is 0 Å².